The maximum absolute atomic E-state index is 12.6. The molecule has 0 radical (unpaired) electrons. The molecule has 3 aromatic rings. The van der Waals surface area contributed by atoms with E-state index in [2.05, 4.69) is 15.6 Å². The van der Waals surface area contributed by atoms with Crippen LogP contribution in [0.15, 0.2) is 55.0 Å². The zero-order chi connectivity index (χ0) is 21.0. The lowest BCUT2D eigenvalue weighted by atomic mass is 10.2. The van der Waals surface area contributed by atoms with E-state index in [1.807, 2.05) is 13.8 Å². The van der Waals surface area contributed by atoms with Crippen LogP contribution in [0.5, 0.6) is 5.75 Å². The van der Waals surface area contributed by atoms with E-state index in [1.54, 1.807) is 59.6 Å². The van der Waals surface area contributed by atoms with Gasteiger partial charge in [-0.05, 0) is 42.5 Å². The van der Waals surface area contributed by atoms with Crippen LogP contribution in [0.2, 0.25) is 5.02 Å². The molecule has 0 spiro atoms. The summed E-state index contributed by atoms with van der Waals surface area (Å²) in [6.07, 6.45) is 3.31. The number of ether oxygens (including phenoxy) is 1. The van der Waals surface area contributed by atoms with Gasteiger partial charge in [-0.2, -0.15) is 0 Å². The minimum atomic E-state index is -0.285. The summed E-state index contributed by atoms with van der Waals surface area (Å²) < 4.78 is 7.01. The molecule has 0 saturated carbocycles. The third-order valence-corrected chi connectivity index (χ3v) is 4.43. The first-order valence-corrected chi connectivity index (χ1v) is 9.35. The van der Waals surface area contributed by atoms with Crippen molar-refractivity contribution in [2.45, 2.75) is 13.8 Å². The summed E-state index contributed by atoms with van der Waals surface area (Å²) in [5.74, 6) is 0.481. The Morgan fingerprint density at radius 3 is 2.48 bits per heavy atom. The molecule has 1 aromatic heterocycles. The second kappa shape index (κ2) is 8.79. The average Bonchev–Trinajstić information content (AvgIpc) is 3.16. The highest BCUT2D eigenvalue weighted by atomic mass is 35.5. The molecule has 7 nitrogen and oxygen atoms in total. The number of hydrogen-bond donors (Lipinski definition) is 2. The number of imidazole rings is 1. The Morgan fingerprint density at radius 1 is 1.10 bits per heavy atom. The molecule has 2 N–H and O–H groups in total. The van der Waals surface area contributed by atoms with E-state index in [1.165, 1.54) is 7.11 Å². The van der Waals surface area contributed by atoms with Gasteiger partial charge in [0.1, 0.15) is 12.1 Å². The number of rotatable bonds is 6. The van der Waals surface area contributed by atoms with Crippen LogP contribution in [-0.4, -0.2) is 28.5 Å². The Bertz CT molecular complexity index is 1030. The Balaban J connectivity index is 1.72. The van der Waals surface area contributed by atoms with E-state index >= 15 is 0 Å². The summed E-state index contributed by atoms with van der Waals surface area (Å²) >= 11 is 6.00. The molecule has 1 heterocycles. The molecule has 150 valence electrons. The van der Waals surface area contributed by atoms with Gasteiger partial charge in [0, 0.05) is 22.2 Å². The Morgan fingerprint density at radius 2 is 1.83 bits per heavy atom. The lowest BCUT2D eigenvalue weighted by Gasteiger charge is -2.11. The molecule has 3 rings (SSSR count). The van der Waals surface area contributed by atoms with Crippen LogP contribution < -0.4 is 15.4 Å². The van der Waals surface area contributed by atoms with Crippen LogP contribution >= 0.6 is 11.6 Å². The molecule has 2 aromatic carbocycles. The first-order valence-electron chi connectivity index (χ1n) is 8.97. The Kier molecular flexibility index (Phi) is 6.19. The zero-order valence-electron chi connectivity index (χ0n) is 16.3. The van der Waals surface area contributed by atoms with Gasteiger partial charge in [-0.1, -0.05) is 25.4 Å². The van der Waals surface area contributed by atoms with Crippen LogP contribution in [0.4, 0.5) is 11.5 Å². The molecule has 0 atom stereocenters. The van der Waals surface area contributed by atoms with Crippen molar-refractivity contribution in [3.8, 4) is 11.4 Å². The molecule has 0 aliphatic heterocycles. The molecule has 29 heavy (non-hydrogen) atoms. The van der Waals surface area contributed by atoms with E-state index in [9.17, 15) is 9.59 Å². The largest absolute Gasteiger partial charge is 0.495 e. The molecule has 0 unspecified atom stereocenters. The second-order valence-electron chi connectivity index (χ2n) is 6.66. The maximum atomic E-state index is 12.6. The predicted molar refractivity (Wildman–Crippen MR) is 113 cm³/mol. The first-order chi connectivity index (χ1) is 13.9. The highest BCUT2D eigenvalue weighted by molar-refractivity contribution is 6.31. The van der Waals surface area contributed by atoms with E-state index in [0.717, 1.165) is 5.69 Å². The lowest BCUT2D eigenvalue weighted by Crippen LogP contribution is -2.17. The highest BCUT2D eigenvalue weighted by Gasteiger charge is 2.12. The van der Waals surface area contributed by atoms with Gasteiger partial charge in [-0.25, -0.2) is 4.98 Å². The van der Waals surface area contributed by atoms with E-state index in [4.69, 9.17) is 16.3 Å². The third-order valence-electron chi connectivity index (χ3n) is 4.20. The van der Waals surface area contributed by atoms with Gasteiger partial charge in [0.25, 0.3) is 5.91 Å². The number of carbonyl (C=O) groups excluding carboxylic acids is 2. The number of amides is 2. The monoisotopic (exact) mass is 412 g/mol. The normalized spacial score (nSPS) is 10.7. The van der Waals surface area contributed by atoms with E-state index < -0.39 is 0 Å². The Labute approximate surface area is 173 Å². The standard InChI is InChI=1S/C21H21ClN4O3/c1-13(2)20(27)25-19-11-26(12-23-19)16-7-4-14(5-8-16)21(28)24-17-10-15(22)6-9-18(17)29-3/h4-13H,1-3H3,(H,24,28)(H,25,27). The minimum absolute atomic E-state index is 0.0984. The summed E-state index contributed by atoms with van der Waals surface area (Å²) in [5, 5.41) is 6.04. The van der Waals surface area contributed by atoms with Crippen molar-refractivity contribution in [2.75, 3.05) is 17.7 Å². The summed E-state index contributed by atoms with van der Waals surface area (Å²) in [6.45, 7) is 3.63. The van der Waals surface area contributed by atoms with Gasteiger partial charge < -0.3 is 19.9 Å². The molecule has 0 fully saturated rings. The summed E-state index contributed by atoms with van der Waals surface area (Å²) in [5.41, 5.74) is 1.78. The van der Waals surface area contributed by atoms with Crippen molar-refractivity contribution in [3.63, 3.8) is 0 Å². The number of anilines is 2. The number of nitrogens with zero attached hydrogens (tertiary/aromatic N) is 2. The van der Waals surface area contributed by atoms with Crippen molar-refractivity contribution in [1.29, 1.82) is 0 Å². The molecule has 0 aliphatic carbocycles. The first kappa shape index (κ1) is 20.4. The lowest BCUT2D eigenvalue weighted by molar-refractivity contribution is -0.118. The average molecular weight is 413 g/mol. The number of nitrogens with one attached hydrogen (secondary N) is 2. The van der Waals surface area contributed by atoms with Gasteiger partial charge in [0.05, 0.1) is 19.0 Å². The van der Waals surface area contributed by atoms with Crippen molar-refractivity contribution in [3.05, 3.63) is 65.6 Å². The van der Waals surface area contributed by atoms with Crippen molar-refractivity contribution in [1.82, 2.24) is 9.55 Å². The Hall–Kier alpha value is -3.32. The van der Waals surface area contributed by atoms with E-state index in [0.29, 0.717) is 27.8 Å². The fourth-order valence-electron chi connectivity index (χ4n) is 2.56. The van der Waals surface area contributed by atoms with Gasteiger partial charge in [0.15, 0.2) is 5.82 Å². The minimum Gasteiger partial charge on any atom is -0.495 e. The van der Waals surface area contributed by atoms with Crippen molar-refractivity contribution >= 4 is 34.9 Å². The molecular formula is C21H21ClN4O3. The van der Waals surface area contributed by atoms with Gasteiger partial charge in [-0.3, -0.25) is 9.59 Å². The summed E-state index contributed by atoms with van der Waals surface area (Å²) in [7, 11) is 1.52. The second-order valence-corrected chi connectivity index (χ2v) is 7.09. The van der Waals surface area contributed by atoms with Crippen LogP contribution in [0.3, 0.4) is 0 Å². The maximum Gasteiger partial charge on any atom is 0.255 e. The number of aromatic nitrogens is 2. The fourth-order valence-corrected chi connectivity index (χ4v) is 2.73. The highest BCUT2D eigenvalue weighted by Crippen LogP contribution is 2.28. The third kappa shape index (κ3) is 4.94. The van der Waals surface area contributed by atoms with Crippen molar-refractivity contribution in [2.24, 2.45) is 5.92 Å². The molecule has 0 aliphatic rings. The number of hydrogen-bond acceptors (Lipinski definition) is 4. The van der Waals surface area contributed by atoms with Gasteiger partial charge >= 0.3 is 0 Å². The quantitative estimate of drug-likeness (QED) is 0.629. The fraction of sp³-hybridized carbons (Fsp3) is 0.190. The van der Waals surface area contributed by atoms with E-state index in [-0.39, 0.29) is 17.7 Å². The predicted octanol–water partition coefficient (Wildman–Crippen LogP) is 4.38. The van der Waals surface area contributed by atoms with Crippen molar-refractivity contribution < 1.29 is 14.3 Å². The number of methoxy groups -OCH3 is 1. The van der Waals surface area contributed by atoms with Crippen LogP contribution in [-0.2, 0) is 4.79 Å². The van der Waals surface area contributed by atoms with Crippen LogP contribution in [0.1, 0.15) is 24.2 Å². The summed E-state index contributed by atoms with van der Waals surface area (Å²) in [6, 6.07) is 12.0. The number of benzene rings is 2. The molecular weight excluding hydrogens is 392 g/mol. The SMILES string of the molecule is COc1ccc(Cl)cc1NC(=O)c1ccc(-n2cnc(NC(=O)C(C)C)c2)cc1. The molecule has 0 bridgehead atoms. The zero-order valence-corrected chi connectivity index (χ0v) is 17.0. The van der Waals surface area contributed by atoms with Gasteiger partial charge in [-0.15, -0.1) is 0 Å². The molecule has 8 heteroatoms. The molecule has 2 amide bonds. The summed E-state index contributed by atoms with van der Waals surface area (Å²) in [4.78, 5) is 28.5. The smallest absolute Gasteiger partial charge is 0.255 e. The topological polar surface area (TPSA) is 85.2 Å². The van der Waals surface area contributed by atoms with Crippen LogP contribution in [0.25, 0.3) is 5.69 Å². The number of halogens is 1. The molecule has 0 saturated heterocycles. The number of carbonyl (C=O) groups is 2. The van der Waals surface area contributed by atoms with Crippen LogP contribution in [0, 0.1) is 5.92 Å². The van der Waals surface area contributed by atoms with Gasteiger partial charge in [0.2, 0.25) is 5.91 Å².